The van der Waals surface area contributed by atoms with Gasteiger partial charge in [-0.1, -0.05) is 12.1 Å². The number of hydrogen-bond acceptors (Lipinski definition) is 6. The van der Waals surface area contributed by atoms with Crippen LogP contribution in [0.25, 0.3) is 16.9 Å². The molecule has 0 spiro atoms. The molecule has 1 saturated heterocycles. The molecule has 1 aliphatic rings. The summed E-state index contributed by atoms with van der Waals surface area (Å²) in [5.41, 5.74) is 0.539. The van der Waals surface area contributed by atoms with Gasteiger partial charge in [0.2, 0.25) is 5.95 Å². The fourth-order valence-electron chi connectivity index (χ4n) is 4.66. The third-order valence-corrected chi connectivity index (χ3v) is 6.60. The van der Waals surface area contributed by atoms with Crippen molar-refractivity contribution in [2.45, 2.75) is 25.8 Å². The zero-order valence-electron chi connectivity index (χ0n) is 20.0. The van der Waals surface area contributed by atoms with E-state index in [1.165, 1.54) is 53.5 Å². The molecule has 2 N–H and O–H groups in total. The van der Waals surface area contributed by atoms with Crippen LogP contribution < -0.4 is 21.1 Å². The molecule has 2 aromatic heterocycles. The number of anilines is 1. The second-order valence-electron chi connectivity index (χ2n) is 8.94. The van der Waals surface area contributed by atoms with E-state index in [0.29, 0.717) is 41.0 Å². The van der Waals surface area contributed by atoms with E-state index in [9.17, 15) is 13.6 Å². The Labute approximate surface area is 206 Å². The number of rotatable bonds is 8. The van der Waals surface area contributed by atoms with E-state index in [-0.39, 0.29) is 12.1 Å². The van der Waals surface area contributed by atoms with Gasteiger partial charge in [-0.2, -0.15) is 4.98 Å². The highest BCUT2D eigenvalue weighted by Crippen LogP contribution is 2.22. The number of halogens is 2. The Hall–Kier alpha value is -3.79. The first-order valence-electron chi connectivity index (χ1n) is 12.1. The summed E-state index contributed by atoms with van der Waals surface area (Å²) in [6.07, 6.45) is 4.86. The van der Waals surface area contributed by atoms with Crippen LogP contribution in [0.4, 0.5) is 14.7 Å². The topological polar surface area (TPSA) is 86.0 Å². The second-order valence-corrected chi connectivity index (χ2v) is 8.94. The molecular formula is C26H28F2N6O2. The zero-order chi connectivity index (χ0) is 25.1. The lowest BCUT2D eigenvalue weighted by molar-refractivity contribution is 0.364. The Kier molecular flexibility index (Phi) is 6.95. The first-order chi connectivity index (χ1) is 17.5. The van der Waals surface area contributed by atoms with Gasteiger partial charge in [0, 0.05) is 18.2 Å². The maximum absolute atomic E-state index is 14.4. The summed E-state index contributed by atoms with van der Waals surface area (Å²) in [4.78, 5) is 22.6. The summed E-state index contributed by atoms with van der Waals surface area (Å²) in [6.45, 7) is 2.48. The van der Waals surface area contributed by atoms with Crippen LogP contribution in [0.3, 0.4) is 0 Å². The van der Waals surface area contributed by atoms with Gasteiger partial charge in [0.25, 0.3) is 0 Å². The quantitative estimate of drug-likeness (QED) is 0.388. The van der Waals surface area contributed by atoms with Crippen molar-refractivity contribution in [2.75, 3.05) is 32.1 Å². The molecule has 10 heteroatoms. The third-order valence-electron chi connectivity index (χ3n) is 6.60. The van der Waals surface area contributed by atoms with Crippen LogP contribution in [-0.2, 0) is 6.54 Å². The maximum Gasteiger partial charge on any atom is 0.335 e. The Bertz CT molecular complexity index is 1410. The molecule has 1 aliphatic heterocycles. The van der Waals surface area contributed by atoms with Gasteiger partial charge >= 0.3 is 5.69 Å². The molecule has 5 rings (SSSR count). The van der Waals surface area contributed by atoms with E-state index in [2.05, 4.69) is 20.6 Å². The number of imidazole rings is 1. The monoisotopic (exact) mass is 494 g/mol. The minimum absolute atomic E-state index is 0.201. The van der Waals surface area contributed by atoms with Crippen molar-refractivity contribution >= 4 is 17.1 Å². The van der Waals surface area contributed by atoms with Crippen LogP contribution in [0.5, 0.6) is 5.75 Å². The van der Waals surface area contributed by atoms with Crippen LogP contribution in [0.1, 0.15) is 24.8 Å². The van der Waals surface area contributed by atoms with Gasteiger partial charge in [0.15, 0.2) is 5.65 Å². The number of methoxy groups -OCH3 is 1. The van der Waals surface area contributed by atoms with E-state index in [4.69, 9.17) is 4.74 Å². The van der Waals surface area contributed by atoms with Crippen LogP contribution in [0.2, 0.25) is 0 Å². The fraction of sp³-hybridized carbons (Fsp3) is 0.346. The number of hydrogen-bond donors (Lipinski definition) is 2. The van der Waals surface area contributed by atoms with E-state index in [0.717, 1.165) is 19.5 Å². The van der Waals surface area contributed by atoms with Gasteiger partial charge in [-0.15, -0.1) is 0 Å². The molecule has 1 atom stereocenters. The number of ether oxygens (including phenoxy) is 1. The van der Waals surface area contributed by atoms with Crippen molar-refractivity contribution < 1.29 is 13.5 Å². The van der Waals surface area contributed by atoms with Crippen LogP contribution in [0, 0.1) is 17.6 Å². The summed E-state index contributed by atoms with van der Waals surface area (Å²) in [6, 6.07) is 10.6. The molecule has 0 bridgehead atoms. The number of nitrogens with one attached hydrogen (secondary N) is 2. The number of aromatic nitrogens is 4. The predicted molar refractivity (Wildman–Crippen MR) is 134 cm³/mol. The van der Waals surface area contributed by atoms with Crippen molar-refractivity contribution in [3.8, 4) is 11.4 Å². The molecule has 0 radical (unpaired) electrons. The third kappa shape index (κ3) is 4.81. The number of fused-ring (bicyclic) bond motifs is 1. The molecule has 0 amide bonds. The van der Waals surface area contributed by atoms with Crippen molar-refractivity contribution in [3.63, 3.8) is 0 Å². The van der Waals surface area contributed by atoms with Crippen LogP contribution >= 0.6 is 0 Å². The number of benzene rings is 2. The standard InChI is InChI=1S/C26H28F2N6O2/c1-36-19-7-2-6-18(13-19)34-24-23(33(26(34)35)16-20-21(27)8-3-9-22(20)28)15-31-25(32-24)30-12-10-17-5-4-11-29-14-17/h2-3,6-9,13,15,17,29H,4-5,10-12,14,16H2,1H3,(H,30,31,32). The number of piperidine rings is 1. The number of nitrogens with zero attached hydrogens (tertiary/aromatic N) is 4. The molecule has 8 nitrogen and oxygen atoms in total. The van der Waals surface area contributed by atoms with Gasteiger partial charge in [0.1, 0.15) is 22.9 Å². The normalized spacial score (nSPS) is 15.8. The van der Waals surface area contributed by atoms with Gasteiger partial charge in [-0.3, -0.25) is 4.57 Å². The highest BCUT2D eigenvalue weighted by molar-refractivity contribution is 5.74. The van der Waals surface area contributed by atoms with Crippen molar-refractivity contribution in [1.29, 1.82) is 0 Å². The highest BCUT2D eigenvalue weighted by atomic mass is 19.1. The summed E-state index contributed by atoms with van der Waals surface area (Å²) in [7, 11) is 1.54. The maximum atomic E-state index is 14.4. The molecule has 1 unspecified atom stereocenters. The average molecular weight is 495 g/mol. The smallest absolute Gasteiger partial charge is 0.335 e. The molecule has 188 valence electrons. The van der Waals surface area contributed by atoms with Gasteiger partial charge in [-0.05, 0) is 62.5 Å². The Morgan fingerprint density at radius 3 is 2.75 bits per heavy atom. The fourth-order valence-corrected chi connectivity index (χ4v) is 4.66. The molecular weight excluding hydrogens is 466 g/mol. The molecule has 36 heavy (non-hydrogen) atoms. The van der Waals surface area contributed by atoms with E-state index >= 15 is 0 Å². The van der Waals surface area contributed by atoms with E-state index < -0.39 is 17.3 Å². The Morgan fingerprint density at radius 2 is 2.00 bits per heavy atom. The van der Waals surface area contributed by atoms with E-state index in [1.54, 1.807) is 24.3 Å². The summed E-state index contributed by atoms with van der Waals surface area (Å²) >= 11 is 0. The van der Waals surface area contributed by atoms with Crippen molar-refractivity contribution in [1.82, 2.24) is 24.4 Å². The second kappa shape index (κ2) is 10.4. The Balaban J connectivity index is 1.54. The summed E-state index contributed by atoms with van der Waals surface area (Å²) in [5, 5.41) is 6.68. The minimum atomic E-state index is -0.722. The first kappa shape index (κ1) is 23.9. The minimum Gasteiger partial charge on any atom is -0.497 e. The molecule has 0 saturated carbocycles. The summed E-state index contributed by atoms with van der Waals surface area (Å²) in [5.74, 6) is 0.106. The van der Waals surface area contributed by atoms with Gasteiger partial charge < -0.3 is 15.4 Å². The van der Waals surface area contributed by atoms with Gasteiger partial charge in [-0.25, -0.2) is 23.1 Å². The van der Waals surface area contributed by atoms with E-state index in [1.807, 2.05) is 0 Å². The lowest BCUT2D eigenvalue weighted by atomic mass is 9.96. The van der Waals surface area contributed by atoms with Crippen LogP contribution in [-0.4, -0.2) is 45.8 Å². The lowest BCUT2D eigenvalue weighted by Crippen LogP contribution is -2.30. The lowest BCUT2D eigenvalue weighted by Gasteiger charge is -2.22. The molecule has 2 aromatic carbocycles. The van der Waals surface area contributed by atoms with Crippen molar-refractivity contribution in [3.05, 3.63) is 76.3 Å². The van der Waals surface area contributed by atoms with Gasteiger partial charge in [0.05, 0.1) is 25.5 Å². The summed E-state index contributed by atoms with van der Waals surface area (Å²) < 4.78 is 36.9. The molecule has 0 aliphatic carbocycles. The highest BCUT2D eigenvalue weighted by Gasteiger charge is 2.20. The van der Waals surface area contributed by atoms with Crippen molar-refractivity contribution in [2.24, 2.45) is 5.92 Å². The molecule has 1 fully saturated rings. The zero-order valence-corrected chi connectivity index (χ0v) is 20.0. The SMILES string of the molecule is COc1cccc(-n2c(=O)n(Cc3c(F)cccc3F)c3cnc(NCCC4CCCNC4)nc32)c1. The first-order valence-corrected chi connectivity index (χ1v) is 12.1. The predicted octanol–water partition coefficient (Wildman–Crippen LogP) is 3.72. The van der Waals surface area contributed by atoms with Crippen LogP contribution in [0.15, 0.2) is 53.5 Å². The Morgan fingerprint density at radius 1 is 1.19 bits per heavy atom. The molecule has 4 aromatic rings. The molecule has 3 heterocycles. The largest absolute Gasteiger partial charge is 0.497 e. The average Bonchev–Trinajstić information content (AvgIpc) is 3.17.